The summed E-state index contributed by atoms with van der Waals surface area (Å²) < 4.78 is 5.50. The van der Waals surface area contributed by atoms with E-state index < -0.39 is 0 Å². The monoisotopic (exact) mass is 222 g/mol. The van der Waals surface area contributed by atoms with Crippen molar-refractivity contribution in [3.63, 3.8) is 0 Å². The number of benzene rings is 1. The molecule has 3 N–H and O–H groups in total. The summed E-state index contributed by atoms with van der Waals surface area (Å²) in [6, 6.07) is 9.71. The lowest BCUT2D eigenvalue weighted by atomic mass is 10.3. The van der Waals surface area contributed by atoms with Gasteiger partial charge in [0.25, 0.3) is 0 Å². The molecule has 1 rings (SSSR count). The molecule has 4 heteroatoms. The molecular weight excluding hydrogens is 204 g/mol. The number of hydrogen-bond donors (Lipinski definition) is 2. The van der Waals surface area contributed by atoms with Gasteiger partial charge in [0.2, 0.25) is 5.91 Å². The number of rotatable bonds is 8. The van der Waals surface area contributed by atoms with E-state index in [1.807, 2.05) is 30.3 Å². The fraction of sp³-hybridized carbons (Fsp3) is 0.417. The van der Waals surface area contributed by atoms with Gasteiger partial charge in [-0.1, -0.05) is 18.2 Å². The van der Waals surface area contributed by atoms with E-state index in [0.717, 1.165) is 18.7 Å². The Morgan fingerprint density at radius 1 is 1.25 bits per heavy atom. The molecule has 0 bridgehead atoms. The van der Waals surface area contributed by atoms with E-state index in [1.54, 1.807) is 0 Å². The third-order valence-corrected chi connectivity index (χ3v) is 2.06. The molecular formula is C12H18N2O2. The minimum Gasteiger partial charge on any atom is -0.494 e. The second-order valence-corrected chi connectivity index (χ2v) is 3.48. The van der Waals surface area contributed by atoms with Crippen LogP contribution in [0, 0.1) is 0 Å². The summed E-state index contributed by atoms with van der Waals surface area (Å²) in [6.07, 6.45) is 1.30. The van der Waals surface area contributed by atoms with Crippen LogP contribution in [0.3, 0.4) is 0 Å². The first-order valence-electron chi connectivity index (χ1n) is 5.46. The highest BCUT2D eigenvalue weighted by atomic mass is 16.5. The number of nitrogens with two attached hydrogens (primary N) is 1. The van der Waals surface area contributed by atoms with Crippen molar-refractivity contribution >= 4 is 5.91 Å². The molecule has 4 nitrogen and oxygen atoms in total. The molecule has 0 aliphatic carbocycles. The second kappa shape index (κ2) is 7.70. The van der Waals surface area contributed by atoms with Crippen molar-refractivity contribution in [3.05, 3.63) is 30.3 Å². The Morgan fingerprint density at radius 2 is 2.00 bits per heavy atom. The molecule has 1 aromatic rings. The third-order valence-electron chi connectivity index (χ3n) is 2.06. The molecule has 16 heavy (non-hydrogen) atoms. The van der Waals surface area contributed by atoms with Gasteiger partial charge in [0, 0.05) is 13.0 Å². The molecule has 0 fully saturated rings. The van der Waals surface area contributed by atoms with Gasteiger partial charge >= 0.3 is 0 Å². The van der Waals surface area contributed by atoms with Gasteiger partial charge in [0.05, 0.1) is 6.61 Å². The minimum atomic E-state index is -0.270. The average Bonchev–Trinajstić information content (AvgIpc) is 2.29. The van der Waals surface area contributed by atoms with E-state index in [2.05, 4.69) is 5.32 Å². The Hall–Kier alpha value is -1.55. The van der Waals surface area contributed by atoms with Crippen LogP contribution in [0.1, 0.15) is 12.8 Å². The molecule has 0 heterocycles. The average molecular weight is 222 g/mol. The number of amides is 1. The standard InChI is InChI=1S/C12H18N2O2/c13-12(15)7-9-14-8-4-10-16-11-5-2-1-3-6-11/h1-3,5-6,14H,4,7-10H2,(H2,13,15). The quantitative estimate of drug-likeness (QED) is 0.643. The highest BCUT2D eigenvalue weighted by molar-refractivity contribution is 5.73. The van der Waals surface area contributed by atoms with Gasteiger partial charge in [-0.3, -0.25) is 4.79 Å². The van der Waals surface area contributed by atoms with Crippen LogP contribution in [-0.4, -0.2) is 25.6 Å². The van der Waals surface area contributed by atoms with Gasteiger partial charge in [-0.15, -0.1) is 0 Å². The predicted octanol–water partition coefficient (Wildman–Crippen LogP) is 0.920. The number of carbonyl (C=O) groups is 1. The van der Waals surface area contributed by atoms with Crippen LogP contribution in [0.2, 0.25) is 0 Å². The Balaban J connectivity index is 1.94. The summed E-state index contributed by atoms with van der Waals surface area (Å²) in [5, 5.41) is 3.12. The smallest absolute Gasteiger partial charge is 0.218 e. The van der Waals surface area contributed by atoms with Crippen LogP contribution in [0.25, 0.3) is 0 Å². The van der Waals surface area contributed by atoms with E-state index in [-0.39, 0.29) is 5.91 Å². The molecule has 0 spiro atoms. The van der Waals surface area contributed by atoms with Gasteiger partial charge < -0.3 is 15.8 Å². The highest BCUT2D eigenvalue weighted by Gasteiger charge is 1.94. The number of hydrogen-bond acceptors (Lipinski definition) is 3. The van der Waals surface area contributed by atoms with Gasteiger partial charge in [-0.25, -0.2) is 0 Å². The van der Waals surface area contributed by atoms with Crippen molar-refractivity contribution in [2.45, 2.75) is 12.8 Å². The van der Waals surface area contributed by atoms with E-state index in [4.69, 9.17) is 10.5 Å². The van der Waals surface area contributed by atoms with Crippen LogP contribution in [-0.2, 0) is 4.79 Å². The van der Waals surface area contributed by atoms with Crippen molar-refractivity contribution < 1.29 is 9.53 Å². The molecule has 0 aliphatic rings. The van der Waals surface area contributed by atoms with Gasteiger partial charge in [0.1, 0.15) is 5.75 Å². The Labute approximate surface area is 95.8 Å². The van der Waals surface area contributed by atoms with E-state index in [1.165, 1.54) is 0 Å². The maximum Gasteiger partial charge on any atom is 0.218 e. The molecule has 0 aliphatic heterocycles. The van der Waals surface area contributed by atoms with Crippen LogP contribution >= 0.6 is 0 Å². The first-order valence-corrected chi connectivity index (χ1v) is 5.46. The lowest BCUT2D eigenvalue weighted by Gasteiger charge is -2.06. The topological polar surface area (TPSA) is 64.4 Å². The van der Waals surface area contributed by atoms with Crippen molar-refractivity contribution in [3.8, 4) is 5.75 Å². The summed E-state index contributed by atoms with van der Waals surface area (Å²) in [5.74, 6) is 0.618. The Bertz CT molecular complexity index is 301. The van der Waals surface area contributed by atoms with E-state index >= 15 is 0 Å². The van der Waals surface area contributed by atoms with Gasteiger partial charge in [-0.05, 0) is 25.1 Å². The maximum atomic E-state index is 10.4. The zero-order chi connectivity index (χ0) is 11.6. The van der Waals surface area contributed by atoms with Gasteiger partial charge in [0.15, 0.2) is 0 Å². The van der Waals surface area contributed by atoms with E-state index in [9.17, 15) is 4.79 Å². The summed E-state index contributed by atoms with van der Waals surface area (Å²) in [6.45, 7) is 2.15. The summed E-state index contributed by atoms with van der Waals surface area (Å²) in [5.41, 5.74) is 5.01. The summed E-state index contributed by atoms with van der Waals surface area (Å²) >= 11 is 0. The van der Waals surface area contributed by atoms with Crippen LogP contribution in [0.4, 0.5) is 0 Å². The van der Waals surface area contributed by atoms with Crippen LogP contribution in [0.5, 0.6) is 5.75 Å². The molecule has 0 radical (unpaired) electrons. The lowest BCUT2D eigenvalue weighted by Crippen LogP contribution is -2.23. The zero-order valence-corrected chi connectivity index (χ0v) is 9.32. The molecule has 0 unspecified atom stereocenters. The Kier molecular flexibility index (Phi) is 6.03. The first kappa shape index (κ1) is 12.5. The van der Waals surface area contributed by atoms with Crippen molar-refractivity contribution in [1.82, 2.24) is 5.32 Å². The molecule has 0 saturated carbocycles. The molecule has 0 saturated heterocycles. The summed E-state index contributed by atoms with van der Waals surface area (Å²) in [4.78, 5) is 10.4. The lowest BCUT2D eigenvalue weighted by molar-refractivity contribution is -0.117. The van der Waals surface area contributed by atoms with Crippen molar-refractivity contribution in [2.24, 2.45) is 5.73 Å². The molecule has 1 amide bonds. The zero-order valence-electron chi connectivity index (χ0n) is 9.32. The summed E-state index contributed by atoms with van der Waals surface area (Å²) in [7, 11) is 0. The largest absolute Gasteiger partial charge is 0.494 e. The number of primary amides is 1. The molecule has 88 valence electrons. The Morgan fingerprint density at radius 3 is 2.69 bits per heavy atom. The molecule has 1 aromatic carbocycles. The number of carbonyl (C=O) groups excluding carboxylic acids is 1. The highest BCUT2D eigenvalue weighted by Crippen LogP contribution is 2.07. The van der Waals surface area contributed by atoms with Crippen molar-refractivity contribution in [2.75, 3.05) is 19.7 Å². The maximum absolute atomic E-state index is 10.4. The number of ether oxygens (including phenoxy) is 1. The fourth-order valence-electron chi connectivity index (χ4n) is 1.24. The second-order valence-electron chi connectivity index (χ2n) is 3.48. The third kappa shape index (κ3) is 6.03. The van der Waals surface area contributed by atoms with Crippen molar-refractivity contribution in [1.29, 1.82) is 0 Å². The first-order chi connectivity index (χ1) is 7.79. The molecule has 0 atom stereocenters. The predicted molar refractivity (Wildman–Crippen MR) is 63.2 cm³/mol. The van der Waals surface area contributed by atoms with E-state index in [0.29, 0.717) is 19.6 Å². The number of para-hydroxylation sites is 1. The SMILES string of the molecule is NC(=O)CCNCCCOc1ccccc1. The van der Waals surface area contributed by atoms with Crippen LogP contribution < -0.4 is 15.8 Å². The molecule has 0 aromatic heterocycles. The normalized spacial score (nSPS) is 10.0. The van der Waals surface area contributed by atoms with Gasteiger partial charge in [-0.2, -0.15) is 0 Å². The number of nitrogens with one attached hydrogen (secondary N) is 1. The van der Waals surface area contributed by atoms with Crippen LogP contribution in [0.15, 0.2) is 30.3 Å². The minimum absolute atomic E-state index is 0.270. The fourth-order valence-corrected chi connectivity index (χ4v) is 1.24.